The number of benzene rings is 1. The SMILES string of the molecule is Cc1ccc2cc(C)c3nn(CCNC(=O)c4cnn(C)c4C)c(=O)n3c2c1. The summed E-state index contributed by atoms with van der Waals surface area (Å²) in [7, 11) is 1.79. The maximum Gasteiger partial charge on any atom is 0.350 e. The first-order valence-corrected chi connectivity index (χ1v) is 9.13. The van der Waals surface area contributed by atoms with Gasteiger partial charge in [0.1, 0.15) is 0 Å². The zero-order chi connectivity index (χ0) is 20.0. The minimum absolute atomic E-state index is 0.207. The molecule has 0 aliphatic rings. The van der Waals surface area contributed by atoms with Gasteiger partial charge < -0.3 is 5.32 Å². The molecule has 1 aromatic carbocycles. The second-order valence-electron chi connectivity index (χ2n) is 7.08. The van der Waals surface area contributed by atoms with Crippen LogP contribution in [0.15, 0.2) is 35.3 Å². The molecular weight excluding hydrogens is 356 g/mol. The molecule has 8 nitrogen and oxygen atoms in total. The van der Waals surface area contributed by atoms with Crippen LogP contribution >= 0.6 is 0 Å². The molecule has 0 spiro atoms. The van der Waals surface area contributed by atoms with E-state index in [0.29, 0.717) is 17.8 Å². The van der Waals surface area contributed by atoms with Crippen LogP contribution in [-0.2, 0) is 13.6 Å². The summed E-state index contributed by atoms with van der Waals surface area (Å²) in [6.07, 6.45) is 1.54. The van der Waals surface area contributed by atoms with Gasteiger partial charge >= 0.3 is 5.69 Å². The fourth-order valence-corrected chi connectivity index (χ4v) is 3.39. The Labute approximate surface area is 161 Å². The van der Waals surface area contributed by atoms with Crippen LogP contribution in [0.25, 0.3) is 16.6 Å². The minimum atomic E-state index is -0.209. The van der Waals surface area contributed by atoms with Gasteiger partial charge in [-0.3, -0.25) is 9.48 Å². The summed E-state index contributed by atoms with van der Waals surface area (Å²) in [5.74, 6) is -0.209. The molecule has 4 rings (SSSR count). The van der Waals surface area contributed by atoms with Gasteiger partial charge in [0.2, 0.25) is 0 Å². The Morgan fingerprint density at radius 1 is 1.18 bits per heavy atom. The van der Waals surface area contributed by atoms with Crippen LogP contribution in [0.5, 0.6) is 0 Å². The van der Waals surface area contributed by atoms with Gasteiger partial charge in [0.25, 0.3) is 5.91 Å². The van der Waals surface area contributed by atoms with E-state index in [1.807, 2.05) is 45.0 Å². The van der Waals surface area contributed by atoms with E-state index in [9.17, 15) is 9.59 Å². The fourth-order valence-electron chi connectivity index (χ4n) is 3.39. The molecule has 0 radical (unpaired) electrons. The quantitative estimate of drug-likeness (QED) is 0.586. The molecule has 3 aromatic heterocycles. The first kappa shape index (κ1) is 18.0. The molecule has 0 fully saturated rings. The number of aryl methyl sites for hydroxylation is 3. The van der Waals surface area contributed by atoms with Crippen LogP contribution in [0.3, 0.4) is 0 Å². The van der Waals surface area contributed by atoms with Crippen molar-refractivity contribution in [1.82, 2.24) is 29.3 Å². The van der Waals surface area contributed by atoms with Crippen molar-refractivity contribution in [3.63, 3.8) is 0 Å². The Morgan fingerprint density at radius 3 is 2.68 bits per heavy atom. The van der Waals surface area contributed by atoms with E-state index in [2.05, 4.69) is 15.5 Å². The molecule has 144 valence electrons. The van der Waals surface area contributed by atoms with E-state index >= 15 is 0 Å². The van der Waals surface area contributed by atoms with E-state index in [4.69, 9.17) is 0 Å². The standard InChI is InChI=1S/C20H22N6O2/c1-12-5-6-15-10-13(2)18-23-25(20(28)26(18)17(15)9-12)8-7-21-19(27)16-11-22-24(4)14(16)3/h5-6,9-11H,7-8H2,1-4H3,(H,21,27). The highest BCUT2D eigenvalue weighted by Gasteiger charge is 2.15. The average molecular weight is 378 g/mol. The lowest BCUT2D eigenvalue weighted by molar-refractivity contribution is 0.0951. The molecule has 0 saturated heterocycles. The Hall–Kier alpha value is -3.42. The van der Waals surface area contributed by atoms with Crippen LogP contribution in [0.4, 0.5) is 0 Å². The lowest BCUT2D eigenvalue weighted by Crippen LogP contribution is -2.31. The number of rotatable bonds is 4. The van der Waals surface area contributed by atoms with Gasteiger partial charge in [0.05, 0.1) is 23.8 Å². The second kappa shape index (κ2) is 6.63. The van der Waals surface area contributed by atoms with Crippen molar-refractivity contribution < 1.29 is 4.79 Å². The average Bonchev–Trinajstić information content (AvgIpc) is 3.17. The fraction of sp³-hybridized carbons (Fsp3) is 0.300. The van der Waals surface area contributed by atoms with Gasteiger partial charge in [-0.1, -0.05) is 12.1 Å². The lowest BCUT2D eigenvalue weighted by Gasteiger charge is -2.04. The number of fused-ring (bicyclic) bond motifs is 3. The summed E-state index contributed by atoms with van der Waals surface area (Å²) in [5, 5.41) is 12.4. The summed E-state index contributed by atoms with van der Waals surface area (Å²) in [5.41, 5.74) is 4.60. The third kappa shape index (κ3) is 2.87. The van der Waals surface area contributed by atoms with Gasteiger partial charge in [-0.15, -0.1) is 5.10 Å². The Bertz CT molecular complexity index is 1280. The predicted octanol–water partition coefficient (Wildman–Crippen LogP) is 1.74. The number of pyridine rings is 1. The van der Waals surface area contributed by atoms with E-state index in [1.165, 1.54) is 4.68 Å². The van der Waals surface area contributed by atoms with Crippen molar-refractivity contribution in [1.29, 1.82) is 0 Å². The summed E-state index contributed by atoms with van der Waals surface area (Å²) in [6, 6.07) is 8.06. The largest absolute Gasteiger partial charge is 0.350 e. The number of hydrogen-bond donors (Lipinski definition) is 1. The molecule has 0 unspecified atom stereocenters. The molecule has 28 heavy (non-hydrogen) atoms. The Kier molecular flexibility index (Phi) is 4.26. The van der Waals surface area contributed by atoms with E-state index < -0.39 is 0 Å². The highest BCUT2D eigenvalue weighted by Crippen LogP contribution is 2.19. The van der Waals surface area contributed by atoms with Crippen LogP contribution in [0, 0.1) is 20.8 Å². The number of carbonyl (C=O) groups is 1. The second-order valence-corrected chi connectivity index (χ2v) is 7.08. The molecule has 0 atom stereocenters. The highest BCUT2D eigenvalue weighted by atomic mass is 16.2. The normalized spacial score (nSPS) is 11.4. The van der Waals surface area contributed by atoms with Crippen molar-refractivity contribution in [3.8, 4) is 0 Å². The van der Waals surface area contributed by atoms with E-state index in [0.717, 1.165) is 27.7 Å². The third-order valence-electron chi connectivity index (χ3n) is 5.08. The number of nitrogens with zero attached hydrogens (tertiary/aromatic N) is 5. The molecule has 3 heterocycles. The summed E-state index contributed by atoms with van der Waals surface area (Å²) in [6.45, 7) is 6.37. The summed E-state index contributed by atoms with van der Waals surface area (Å²) in [4.78, 5) is 25.3. The van der Waals surface area contributed by atoms with Gasteiger partial charge in [-0.25, -0.2) is 13.9 Å². The lowest BCUT2D eigenvalue weighted by atomic mass is 10.1. The minimum Gasteiger partial charge on any atom is -0.350 e. The monoisotopic (exact) mass is 378 g/mol. The molecule has 0 saturated carbocycles. The smallest absolute Gasteiger partial charge is 0.350 e. The topological polar surface area (TPSA) is 86.2 Å². The third-order valence-corrected chi connectivity index (χ3v) is 5.08. The molecule has 0 aliphatic heterocycles. The number of hydrogen-bond acceptors (Lipinski definition) is 4. The number of amides is 1. The first-order valence-electron chi connectivity index (χ1n) is 9.13. The zero-order valence-corrected chi connectivity index (χ0v) is 16.4. The van der Waals surface area contributed by atoms with E-state index in [-0.39, 0.29) is 18.1 Å². The summed E-state index contributed by atoms with van der Waals surface area (Å²) < 4.78 is 4.70. The Morgan fingerprint density at radius 2 is 1.96 bits per heavy atom. The molecule has 4 aromatic rings. The number of nitrogens with one attached hydrogen (secondary N) is 1. The first-order chi connectivity index (χ1) is 13.4. The van der Waals surface area contributed by atoms with Crippen molar-refractivity contribution >= 4 is 22.5 Å². The van der Waals surface area contributed by atoms with Crippen LogP contribution in [0.1, 0.15) is 27.2 Å². The van der Waals surface area contributed by atoms with Gasteiger partial charge in [-0.05, 0) is 49.4 Å². The number of carbonyl (C=O) groups excluding carboxylic acids is 1. The molecule has 1 N–H and O–H groups in total. The van der Waals surface area contributed by atoms with Crippen LogP contribution < -0.4 is 11.0 Å². The van der Waals surface area contributed by atoms with Crippen molar-refractivity contribution in [2.24, 2.45) is 7.05 Å². The van der Waals surface area contributed by atoms with Crippen LogP contribution in [-0.4, -0.2) is 36.4 Å². The maximum atomic E-state index is 12.9. The van der Waals surface area contributed by atoms with Gasteiger partial charge in [0.15, 0.2) is 5.65 Å². The van der Waals surface area contributed by atoms with E-state index in [1.54, 1.807) is 22.3 Å². The van der Waals surface area contributed by atoms with Crippen molar-refractivity contribution in [2.75, 3.05) is 6.54 Å². The summed E-state index contributed by atoms with van der Waals surface area (Å²) >= 11 is 0. The van der Waals surface area contributed by atoms with Crippen molar-refractivity contribution in [3.05, 3.63) is 63.3 Å². The zero-order valence-electron chi connectivity index (χ0n) is 16.4. The number of aromatic nitrogens is 5. The van der Waals surface area contributed by atoms with Gasteiger partial charge in [0, 0.05) is 19.3 Å². The molecule has 8 heteroatoms. The van der Waals surface area contributed by atoms with Crippen molar-refractivity contribution in [2.45, 2.75) is 27.3 Å². The molecule has 0 aliphatic carbocycles. The Balaban J connectivity index is 1.62. The molecule has 1 amide bonds. The molecule has 0 bridgehead atoms. The maximum absolute atomic E-state index is 12.9. The molecular formula is C20H22N6O2. The van der Waals surface area contributed by atoms with Gasteiger partial charge in [-0.2, -0.15) is 5.10 Å². The highest BCUT2D eigenvalue weighted by molar-refractivity contribution is 5.95. The van der Waals surface area contributed by atoms with Crippen LogP contribution in [0.2, 0.25) is 0 Å². The predicted molar refractivity (Wildman–Crippen MR) is 107 cm³/mol.